The Morgan fingerprint density at radius 3 is 2.55 bits per heavy atom. The molecule has 2 atom stereocenters. The van der Waals surface area contributed by atoms with Crippen LogP contribution in [-0.4, -0.2) is 53.6 Å². The number of amides is 2. The molecule has 20 heavy (non-hydrogen) atoms. The van der Waals surface area contributed by atoms with E-state index in [9.17, 15) is 4.79 Å². The first-order valence-electron chi connectivity index (χ1n) is 7.29. The van der Waals surface area contributed by atoms with Gasteiger partial charge in [0.05, 0.1) is 0 Å². The predicted molar refractivity (Wildman–Crippen MR) is 76.5 cm³/mol. The number of hydrogen-bond acceptors (Lipinski definition) is 4. The van der Waals surface area contributed by atoms with Crippen LogP contribution in [0.4, 0.5) is 10.7 Å². The van der Waals surface area contributed by atoms with E-state index in [1.165, 1.54) is 6.42 Å². The lowest BCUT2D eigenvalue weighted by Crippen LogP contribution is -2.52. The highest BCUT2D eigenvalue weighted by Gasteiger charge is 2.33. The van der Waals surface area contributed by atoms with E-state index in [2.05, 4.69) is 27.1 Å². The lowest BCUT2D eigenvalue weighted by atomic mass is 10.3. The van der Waals surface area contributed by atoms with Gasteiger partial charge in [0, 0.05) is 45.1 Å². The van der Waals surface area contributed by atoms with Gasteiger partial charge in [0.1, 0.15) is 0 Å². The molecule has 3 rings (SSSR count). The molecule has 1 N–H and O–H groups in total. The number of hydrogen-bond donors (Lipinski definition) is 1. The van der Waals surface area contributed by atoms with Gasteiger partial charge in [0.15, 0.2) is 0 Å². The van der Waals surface area contributed by atoms with E-state index >= 15 is 0 Å². The first-order chi connectivity index (χ1) is 9.74. The number of piperazine rings is 1. The highest BCUT2D eigenvalue weighted by Crippen LogP contribution is 2.36. The summed E-state index contributed by atoms with van der Waals surface area (Å²) in [6, 6.07) is 1.88. The van der Waals surface area contributed by atoms with Crippen molar-refractivity contribution in [1.82, 2.24) is 20.2 Å². The monoisotopic (exact) mass is 275 g/mol. The van der Waals surface area contributed by atoms with Gasteiger partial charge in [-0.25, -0.2) is 14.8 Å². The van der Waals surface area contributed by atoms with Crippen molar-refractivity contribution in [3.05, 3.63) is 18.5 Å². The molecule has 1 aliphatic heterocycles. The second-order valence-electron chi connectivity index (χ2n) is 5.68. The van der Waals surface area contributed by atoms with E-state index in [0.717, 1.165) is 44.6 Å². The topological polar surface area (TPSA) is 61.4 Å². The molecule has 6 nitrogen and oxygen atoms in total. The van der Waals surface area contributed by atoms with Crippen LogP contribution in [0.5, 0.6) is 0 Å². The quantitative estimate of drug-likeness (QED) is 0.892. The molecular formula is C14H21N5O. The number of carbonyl (C=O) groups excluding carboxylic acids is 1. The standard InChI is InChI=1S/C14H21N5O/c1-11-9-12(11)10-17-14(20)19-7-5-18(6-8-19)13-15-3-2-4-16-13/h2-4,11-12H,5-10H2,1H3,(H,17,20). The summed E-state index contributed by atoms with van der Waals surface area (Å²) in [5.74, 6) is 2.22. The third-order valence-electron chi connectivity index (χ3n) is 4.19. The van der Waals surface area contributed by atoms with Crippen LogP contribution in [0.1, 0.15) is 13.3 Å². The lowest BCUT2D eigenvalue weighted by Gasteiger charge is -2.34. The summed E-state index contributed by atoms with van der Waals surface area (Å²) in [5.41, 5.74) is 0. The van der Waals surface area contributed by atoms with Crippen LogP contribution in [0.25, 0.3) is 0 Å². The fourth-order valence-electron chi connectivity index (χ4n) is 2.58. The van der Waals surface area contributed by atoms with E-state index in [-0.39, 0.29) is 6.03 Å². The number of nitrogens with one attached hydrogen (secondary N) is 1. The number of nitrogens with zero attached hydrogens (tertiary/aromatic N) is 4. The van der Waals surface area contributed by atoms with Crippen molar-refractivity contribution >= 4 is 12.0 Å². The summed E-state index contributed by atoms with van der Waals surface area (Å²) >= 11 is 0. The van der Waals surface area contributed by atoms with Crippen LogP contribution in [0, 0.1) is 11.8 Å². The molecule has 6 heteroatoms. The number of rotatable bonds is 3. The molecule has 0 bridgehead atoms. The second-order valence-corrected chi connectivity index (χ2v) is 5.68. The maximum absolute atomic E-state index is 12.0. The van der Waals surface area contributed by atoms with Gasteiger partial charge in [0.2, 0.25) is 5.95 Å². The van der Waals surface area contributed by atoms with Gasteiger partial charge < -0.3 is 15.1 Å². The highest BCUT2D eigenvalue weighted by atomic mass is 16.2. The van der Waals surface area contributed by atoms with Crippen molar-refractivity contribution in [3.63, 3.8) is 0 Å². The number of urea groups is 1. The molecule has 1 aromatic rings. The van der Waals surface area contributed by atoms with Crippen LogP contribution in [0.3, 0.4) is 0 Å². The van der Waals surface area contributed by atoms with Crippen molar-refractivity contribution in [3.8, 4) is 0 Å². The average molecular weight is 275 g/mol. The zero-order chi connectivity index (χ0) is 13.9. The Labute approximate surface area is 119 Å². The fraction of sp³-hybridized carbons (Fsp3) is 0.643. The highest BCUT2D eigenvalue weighted by molar-refractivity contribution is 5.74. The molecule has 2 heterocycles. The Bertz CT molecular complexity index is 458. The normalized spacial score (nSPS) is 25.4. The molecule has 0 spiro atoms. The van der Waals surface area contributed by atoms with Crippen molar-refractivity contribution in [1.29, 1.82) is 0 Å². The summed E-state index contributed by atoms with van der Waals surface area (Å²) in [7, 11) is 0. The van der Waals surface area contributed by atoms with Crippen LogP contribution < -0.4 is 10.2 Å². The molecule has 0 radical (unpaired) electrons. The third-order valence-corrected chi connectivity index (χ3v) is 4.19. The van der Waals surface area contributed by atoms with Crippen LogP contribution in [0.15, 0.2) is 18.5 Å². The molecule has 1 saturated carbocycles. The van der Waals surface area contributed by atoms with Gasteiger partial charge in [-0.3, -0.25) is 0 Å². The van der Waals surface area contributed by atoms with E-state index in [0.29, 0.717) is 5.92 Å². The Balaban J connectivity index is 1.44. The van der Waals surface area contributed by atoms with E-state index < -0.39 is 0 Å². The minimum Gasteiger partial charge on any atom is -0.338 e. The van der Waals surface area contributed by atoms with Crippen molar-refractivity contribution < 1.29 is 4.79 Å². The zero-order valence-corrected chi connectivity index (χ0v) is 11.8. The van der Waals surface area contributed by atoms with Crippen LogP contribution in [-0.2, 0) is 0 Å². The summed E-state index contributed by atoms with van der Waals surface area (Å²) in [6.07, 6.45) is 4.75. The van der Waals surface area contributed by atoms with Gasteiger partial charge in [-0.1, -0.05) is 6.92 Å². The summed E-state index contributed by atoms with van der Waals surface area (Å²) in [6.45, 7) is 6.08. The smallest absolute Gasteiger partial charge is 0.317 e. The zero-order valence-electron chi connectivity index (χ0n) is 11.8. The van der Waals surface area contributed by atoms with E-state index in [1.807, 2.05) is 11.0 Å². The lowest BCUT2D eigenvalue weighted by molar-refractivity contribution is 0.193. The molecule has 2 aliphatic rings. The minimum absolute atomic E-state index is 0.0673. The van der Waals surface area contributed by atoms with E-state index in [4.69, 9.17) is 0 Å². The SMILES string of the molecule is CC1CC1CNC(=O)N1CCN(c2ncccn2)CC1. The molecule has 2 amide bonds. The molecule has 1 aromatic heterocycles. The van der Waals surface area contributed by atoms with Gasteiger partial charge in [0.25, 0.3) is 0 Å². The summed E-state index contributed by atoms with van der Waals surface area (Å²) in [5, 5.41) is 3.04. The van der Waals surface area contributed by atoms with Crippen molar-refractivity contribution in [2.24, 2.45) is 11.8 Å². The number of anilines is 1. The molecule has 1 saturated heterocycles. The molecule has 1 aliphatic carbocycles. The van der Waals surface area contributed by atoms with Crippen LogP contribution >= 0.6 is 0 Å². The third kappa shape index (κ3) is 3.00. The van der Waals surface area contributed by atoms with Gasteiger partial charge in [-0.2, -0.15) is 0 Å². The largest absolute Gasteiger partial charge is 0.338 e. The second kappa shape index (κ2) is 5.64. The maximum Gasteiger partial charge on any atom is 0.317 e. The minimum atomic E-state index is 0.0673. The molecule has 2 fully saturated rings. The van der Waals surface area contributed by atoms with Crippen LogP contribution in [0.2, 0.25) is 0 Å². The molecule has 108 valence electrons. The number of carbonyl (C=O) groups is 1. The fourth-order valence-corrected chi connectivity index (χ4v) is 2.58. The maximum atomic E-state index is 12.0. The van der Waals surface area contributed by atoms with Gasteiger partial charge in [-0.15, -0.1) is 0 Å². The first-order valence-corrected chi connectivity index (χ1v) is 7.29. The average Bonchev–Trinajstić information content (AvgIpc) is 3.21. The van der Waals surface area contributed by atoms with Gasteiger partial charge in [-0.05, 0) is 24.3 Å². The predicted octanol–water partition coefficient (Wildman–Crippen LogP) is 0.964. The molecule has 0 aromatic carbocycles. The Kier molecular flexibility index (Phi) is 3.71. The Morgan fingerprint density at radius 2 is 1.95 bits per heavy atom. The summed E-state index contributed by atoms with van der Waals surface area (Å²) in [4.78, 5) is 24.5. The molecule has 2 unspecified atom stereocenters. The van der Waals surface area contributed by atoms with E-state index in [1.54, 1.807) is 12.4 Å². The van der Waals surface area contributed by atoms with Gasteiger partial charge >= 0.3 is 6.03 Å². The Hall–Kier alpha value is -1.85. The number of aromatic nitrogens is 2. The molecular weight excluding hydrogens is 254 g/mol. The Morgan fingerprint density at radius 1 is 1.30 bits per heavy atom. The summed E-state index contributed by atoms with van der Waals surface area (Å²) < 4.78 is 0. The first kappa shape index (κ1) is 13.1. The van der Waals surface area contributed by atoms with Crippen molar-refractivity contribution in [2.45, 2.75) is 13.3 Å². The van der Waals surface area contributed by atoms with Crippen molar-refractivity contribution in [2.75, 3.05) is 37.6 Å².